The SMILES string of the molecule is CCc1cc(Cl)c2c(=O)n(Cc3ncccc3C)cnc2c1O. The molecule has 0 amide bonds. The van der Waals surface area contributed by atoms with Crippen LogP contribution in [0.3, 0.4) is 0 Å². The number of halogens is 1. The average molecular weight is 330 g/mol. The lowest BCUT2D eigenvalue weighted by Crippen LogP contribution is -2.22. The Bertz CT molecular complexity index is 950. The Morgan fingerprint density at radius 1 is 1.35 bits per heavy atom. The molecule has 0 bridgehead atoms. The number of aromatic nitrogens is 3. The lowest BCUT2D eigenvalue weighted by atomic mass is 10.1. The third-order valence-electron chi connectivity index (χ3n) is 3.92. The third kappa shape index (κ3) is 2.68. The number of fused-ring (bicyclic) bond motifs is 1. The zero-order chi connectivity index (χ0) is 16.6. The van der Waals surface area contributed by atoms with Crippen molar-refractivity contribution in [3.8, 4) is 5.75 Å². The maximum absolute atomic E-state index is 12.7. The first-order valence-corrected chi connectivity index (χ1v) is 7.70. The molecule has 0 aliphatic heterocycles. The van der Waals surface area contributed by atoms with Crippen LogP contribution >= 0.6 is 11.6 Å². The first-order chi connectivity index (χ1) is 11.0. The summed E-state index contributed by atoms with van der Waals surface area (Å²) in [5, 5.41) is 10.8. The van der Waals surface area contributed by atoms with Gasteiger partial charge in [-0.05, 0) is 36.6 Å². The van der Waals surface area contributed by atoms with Gasteiger partial charge in [-0.1, -0.05) is 24.6 Å². The van der Waals surface area contributed by atoms with Gasteiger partial charge in [0.2, 0.25) is 0 Å². The van der Waals surface area contributed by atoms with Crippen LogP contribution in [0.1, 0.15) is 23.7 Å². The van der Waals surface area contributed by atoms with Gasteiger partial charge >= 0.3 is 0 Å². The van der Waals surface area contributed by atoms with Crippen LogP contribution < -0.4 is 5.56 Å². The highest BCUT2D eigenvalue weighted by atomic mass is 35.5. The van der Waals surface area contributed by atoms with Crippen molar-refractivity contribution >= 4 is 22.5 Å². The van der Waals surface area contributed by atoms with Gasteiger partial charge < -0.3 is 5.11 Å². The number of phenols is 1. The molecule has 0 unspecified atom stereocenters. The van der Waals surface area contributed by atoms with Crippen molar-refractivity contribution < 1.29 is 5.11 Å². The molecule has 0 saturated carbocycles. The number of aromatic hydroxyl groups is 1. The highest BCUT2D eigenvalue weighted by Crippen LogP contribution is 2.31. The van der Waals surface area contributed by atoms with Crippen LogP contribution in [0.15, 0.2) is 35.5 Å². The summed E-state index contributed by atoms with van der Waals surface area (Å²) in [5.41, 5.74) is 2.42. The molecule has 5 nitrogen and oxygen atoms in total. The molecule has 3 rings (SSSR count). The molecule has 0 aliphatic rings. The number of rotatable bonds is 3. The van der Waals surface area contributed by atoms with Crippen molar-refractivity contribution in [2.45, 2.75) is 26.8 Å². The lowest BCUT2D eigenvalue weighted by Gasteiger charge is -2.11. The molecule has 2 heterocycles. The predicted octanol–water partition coefficient (Wildman–Crippen LogP) is 3.07. The lowest BCUT2D eigenvalue weighted by molar-refractivity contribution is 0.473. The zero-order valence-corrected chi connectivity index (χ0v) is 13.6. The van der Waals surface area contributed by atoms with Crippen molar-refractivity contribution in [2.75, 3.05) is 0 Å². The molecular formula is C17H16ClN3O2. The first-order valence-electron chi connectivity index (χ1n) is 7.33. The molecule has 6 heteroatoms. The quantitative estimate of drug-likeness (QED) is 0.802. The number of nitrogens with zero attached hydrogens (tertiary/aromatic N) is 3. The molecule has 0 spiro atoms. The van der Waals surface area contributed by atoms with Crippen LogP contribution in [0.2, 0.25) is 5.02 Å². The second kappa shape index (κ2) is 6.01. The fourth-order valence-corrected chi connectivity index (χ4v) is 2.86. The molecule has 1 aromatic carbocycles. The average Bonchev–Trinajstić information content (AvgIpc) is 2.54. The fourth-order valence-electron chi connectivity index (χ4n) is 2.56. The van der Waals surface area contributed by atoms with E-state index in [0.29, 0.717) is 23.6 Å². The number of hydrogen-bond donors (Lipinski definition) is 1. The van der Waals surface area contributed by atoms with E-state index in [1.165, 1.54) is 10.9 Å². The molecule has 0 aliphatic carbocycles. The van der Waals surface area contributed by atoms with Crippen LogP contribution in [0, 0.1) is 6.92 Å². The van der Waals surface area contributed by atoms with Crippen molar-refractivity contribution in [1.29, 1.82) is 0 Å². The monoisotopic (exact) mass is 329 g/mol. The van der Waals surface area contributed by atoms with Gasteiger partial charge in [-0.15, -0.1) is 0 Å². The van der Waals surface area contributed by atoms with Gasteiger partial charge in [0.15, 0.2) is 0 Å². The van der Waals surface area contributed by atoms with Gasteiger partial charge in [0.05, 0.1) is 29.0 Å². The number of benzene rings is 1. The van der Waals surface area contributed by atoms with Crippen LogP contribution in [-0.4, -0.2) is 19.6 Å². The zero-order valence-electron chi connectivity index (χ0n) is 12.9. The second-order valence-corrected chi connectivity index (χ2v) is 5.80. The van der Waals surface area contributed by atoms with Crippen molar-refractivity contribution in [3.63, 3.8) is 0 Å². The summed E-state index contributed by atoms with van der Waals surface area (Å²) in [6.45, 7) is 4.15. The topological polar surface area (TPSA) is 68.0 Å². The van der Waals surface area contributed by atoms with E-state index in [1.807, 2.05) is 26.0 Å². The highest BCUT2D eigenvalue weighted by molar-refractivity contribution is 6.35. The minimum atomic E-state index is -0.289. The summed E-state index contributed by atoms with van der Waals surface area (Å²) >= 11 is 6.24. The molecule has 23 heavy (non-hydrogen) atoms. The second-order valence-electron chi connectivity index (χ2n) is 5.39. The third-order valence-corrected chi connectivity index (χ3v) is 4.22. The minimum Gasteiger partial charge on any atom is -0.505 e. The van der Waals surface area contributed by atoms with Crippen LogP contribution in [-0.2, 0) is 13.0 Å². The Morgan fingerprint density at radius 3 is 2.83 bits per heavy atom. The Kier molecular flexibility index (Phi) is 4.05. The molecule has 0 radical (unpaired) electrons. The van der Waals surface area contributed by atoms with Crippen LogP contribution in [0.25, 0.3) is 10.9 Å². The Hall–Kier alpha value is -2.40. The van der Waals surface area contributed by atoms with Gasteiger partial charge in [0.25, 0.3) is 5.56 Å². The standard InChI is InChI=1S/C17H16ClN3O2/c1-3-11-7-12(18)14-15(16(11)22)20-9-21(17(14)23)8-13-10(2)5-4-6-19-13/h4-7,9,22H,3,8H2,1-2H3. The normalized spacial score (nSPS) is 11.1. The summed E-state index contributed by atoms with van der Waals surface area (Å²) in [6, 6.07) is 5.41. The molecule has 1 N–H and O–H groups in total. The number of pyridine rings is 1. The molecule has 0 atom stereocenters. The Labute approximate surface area is 138 Å². The van der Waals surface area contributed by atoms with Crippen molar-refractivity contribution in [3.05, 3.63) is 62.9 Å². The molecule has 0 fully saturated rings. The van der Waals surface area contributed by atoms with Gasteiger partial charge in [0, 0.05) is 6.20 Å². The van der Waals surface area contributed by atoms with Crippen molar-refractivity contribution in [2.24, 2.45) is 0 Å². The summed E-state index contributed by atoms with van der Waals surface area (Å²) < 4.78 is 1.45. The summed E-state index contributed by atoms with van der Waals surface area (Å²) in [4.78, 5) is 21.2. The molecule has 118 valence electrons. The first kappa shape index (κ1) is 15.5. The minimum absolute atomic E-state index is 0.0187. The molecule has 0 saturated heterocycles. The van der Waals surface area contributed by atoms with Gasteiger partial charge in [-0.25, -0.2) is 4.98 Å². The van der Waals surface area contributed by atoms with Crippen molar-refractivity contribution in [1.82, 2.24) is 14.5 Å². The largest absolute Gasteiger partial charge is 0.505 e. The van der Waals surface area contributed by atoms with E-state index in [2.05, 4.69) is 9.97 Å². The van der Waals surface area contributed by atoms with Gasteiger partial charge in [-0.3, -0.25) is 14.3 Å². The van der Waals surface area contributed by atoms with E-state index >= 15 is 0 Å². The number of phenolic OH excluding ortho intramolecular Hbond substituents is 1. The highest BCUT2D eigenvalue weighted by Gasteiger charge is 2.15. The van der Waals surface area contributed by atoms with Crippen LogP contribution in [0.4, 0.5) is 0 Å². The summed E-state index contributed by atoms with van der Waals surface area (Å²) in [5.74, 6) is 0.0187. The molecule has 2 aromatic heterocycles. The Morgan fingerprint density at radius 2 is 2.13 bits per heavy atom. The molecular weight excluding hydrogens is 314 g/mol. The molecule has 3 aromatic rings. The Balaban J connectivity index is 2.19. The van der Waals surface area contributed by atoms with E-state index in [9.17, 15) is 9.90 Å². The van der Waals surface area contributed by atoms with E-state index < -0.39 is 0 Å². The summed E-state index contributed by atoms with van der Waals surface area (Å²) in [7, 11) is 0. The van der Waals surface area contributed by atoms with Gasteiger partial charge in [0.1, 0.15) is 11.3 Å². The van der Waals surface area contributed by atoms with E-state index in [0.717, 1.165) is 11.3 Å². The van der Waals surface area contributed by atoms with Crippen LogP contribution in [0.5, 0.6) is 5.75 Å². The smallest absolute Gasteiger partial charge is 0.263 e. The van der Waals surface area contributed by atoms with E-state index in [1.54, 1.807) is 12.3 Å². The number of aryl methyl sites for hydroxylation is 2. The van der Waals surface area contributed by atoms with E-state index in [-0.39, 0.29) is 22.2 Å². The maximum atomic E-state index is 12.7. The van der Waals surface area contributed by atoms with Gasteiger partial charge in [-0.2, -0.15) is 0 Å². The summed E-state index contributed by atoms with van der Waals surface area (Å²) in [6.07, 6.45) is 3.72. The predicted molar refractivity (Wildman–Crippen MR) is 90.1 cm³/mol. The number of hydrogen-bond acceptors (Lipinski definition) is 4. The van der Waals surface area contributed by atoms with E-state index in [4.69, 9.17) is 11.6 Å². The maximum Gasteiger partial charge on any atom is 0.263 e. The fraction of sp³-hybridized carbons (Fsp3) is 0.235.